The van der Waals surface area contributed by atoms with Gasteiger partial charge >= 0.3 is 6.03 Å². The molecule has 0 bridgehead atoms. The highest BCUT2D eigenvalue weighted by Crippen LogP contribution is 2.29. The normalized spacial score (nSPS) is 16.1. The Bertz CT molecular complexity index is 1100. The van der Waals surface area contributed by atoms with Crippen molar-refractivity contribution < 1.29 is 23.2 Å². The number of halogens is 2. The molecular weight excluding hydrogens is 454 g/mol. The van der Waals surface area contributed by atoms with Crippen molar-refractivity contribution in [2.75, 3.05) is 27.2 Å². The second-order valence-corrected chi connectivity index (χ2v) is 9.24. The summed E-state index contributed by atoms with van der Waals surface area (Å²) in [5.74, 6) is -1.93. The van der Waals surface area contributed by atoms with Crippen LogP contribution in [0, 0.1) is 11.6 Å². The average molecular weight is 487 g/mol. The molecule has 1 fully saturated rings. The van der Waals surface area contributed by atoms with Gasteiger partial charge in [0.25, 0.3) is 0 Å². The monoisotopic (exact) mass is 486 g/mol. The topological polar surface area (TPSA) is 90.5 Å². The standard InChI is InChI=1S/C26H32F2N4O3/c1-15(2)18-9-7-16(12-20(18)27)19-10-8-17(13-21(19)28)24(23(33)14-30-26(35)32(3)4)31-25(34)22-6-5-11-29-22/h7-10,12-13,15,22,24,29H,5-6,11,14H2,1-4H3,(H,30,35)(H,31,34). The van der Waals surface area contributed by atoms with Crippen molar-refractivity contribution in [3.8, 4) is 11.1 Å². The Labute approximate surface area is 204 Å². The van der Waals surface area contributed by atoms with Crippen LogP contribution < -0.4 is 16.0 Å². The molecule has 0 aromatic heterocycles. The minimum absolute atomic E-state index is 0.00556. The van der Waals surface area contributed by atoms with Gasteiger partial charge in [-0.3, -0.25) is 9.59 Å². The molecule has 2 aromatic rings. The van der Waals surface area contributed by atoms with Gasteiger partial charge in [-0.25, -0.2) is 13.6 Å². The molecule has 1 saturated heterocycles. The van der Waals surface area contributed by atoms with Gasteiger partial charge in [-0.1, -0.05) is 38.1 Å². The van der Waals surface area contributed by atoms with Crippen LogP contribution in [0.3, 0.4) is 0 Å². The Morgan fingerprint density at radius 2 is 1.83 bits per heavy atom. The molecular formula is C26H32F2N4O3. The Morgan fingerprint density at radius 1 is 1.09 bits per heavy atom. The van der Waals surface area contributed by atoms with E-state index < -0.39 is 35.5 Å². The van der Waals surface area contributed by atoms with Crippen LogP contribution in [0.1, 0.15) is 49.8 Å². The molecule has 35 heavy (non-hydrogen) atoms. The molecule has 3 rings (SSSR count). The Morgan fingerprint density at radius 3 is 2.40 bits per heavy atom. The summed E-state index contributed by atoms with van der Waals surface area (Å²) in [4.78, 5) is 38.9. The first-order valence-electron chi connectivity index (χ1n) is 11.7. The first-order valence-corrected chi connectivity index (χ1v) is 11.7. The Hall–Kier alpha value is -3.33. The summed E-state index contributed by atoms with van der Waals surface area (Å²) in [5.41, 5.74) is 1.33. The number of hydrogen-bond donors (Lipinski definition) is 3. The van der Waals surface area contributed by atoms with E-state index in [9.17, 15) is 18.8 Å². The van der Waals surface area contributed by atoms with Crippen LogP contribution in [0.15, 0.2) is 36.4 Å². The largest absolute Gasteiger partial charge is 0.341 e. The number of amides is 3. The highest BCUT2D eigenvalue weighted by atomic mass is 19.1. The van der Waals surface area contributed by atoms with Crippen LogP contribution >= 0.6 is 0 Å². The van der Waals surface area contributed by atoms with Crippen molar-refractivity contribution in [1.82, 2.24) is 20.9 Å². The van der Waals surface area contributed by atoms with E-state index in [-0.39, 0.29) is 29.5 Å². The number of carbonyl (C=O) groups is 3. The lowest BCUT2D eigenvalue weighted by molar-refractivity contribution is -0.128. The molecule has 0 spiro atoms. The van der Waals surface area contributed by atoms with Gasteiger partial charge in [-0.15, -0.1) is 0 Å². The second-order valence-electron chi connectivity index (χ2n) is 9.24. The number of nitrogens with one attached hydrogen (secondary N) is 3. The molecule has 0 aliphatic carbocycles. The third-order valence-electron chi connectivity index (χ3n) is 6.07. The summed E-state index contributed by atoms with van der Waals surface area (Å²) in [6.45, 7) is 4.11. The lowest BCUT2D eigenvalue weighted by Gasteiger charge is -2.22. The molecule has 188 valence electrons. The van der Waals surface area contributed by atoms with Crippen LogP contribution in [-0.4, -0.2) is 55.8 Å². The zero-order chi connectivity index (χ0) is 25.7. The number of carbonyl (C=O) groups excluding carboxylic acids is 3. The lowest BCUT2D eigenvalue weighted by atomic mass is 9.95. The summed E-state index contributed by atoms with van der Waals surface area (Å²) in [5, 5.41) is 8.25. The maximum Gasteiger partial charge on any atom is 0.317 e. The molecule has 1 aliphatic heterocycles. The van der Waals surface area contributed by atoms with E-state index in [2.05, 4.69) is 16.0 Å². The molecule has 1 aliphatic rings. The van der Waals surface area contributed by atoms with E-state index in [4.69, 9.17) is 0 Å². The van der Waals surface area contributed by atoms with Crippen molar-refractivity contribution in [3.63, 3.8) is 0 Å². The average Bonchev–Trinajstić information content (AvgIpc) is 3.35. The van der Waals surface area contributed by atoms with Crippen molar-refractivity contribution in [2.45, 2.75) is 44.7 Å². The van der Waals surface area contributed by atoms with Gasteiger partial charge in [-0.2, -0.15) is 0 Å². The number of ketones is 1. The van der Waals surface area contributed by atoms with Crippen LogP contribution in [0.4, 0.5) is 13.6 Å². The zero-order valence-electron chi connectivity index (χ0n) is 20.5. The van der Waals surface area contributed by atoms with Gasteiger partial charge in [0.05, 0.1) is 12.6 Å². The molecule has 3 amide bonds. The van der Waals surface area contributed by atoms with E-state index >= 15 is 4.39 Å². The van der Waals surface area contributed by atoms with Gasteiger partial charge < -0.3 is 20.9 Å². The third-order valence-corrected chi connectivity index (χ3v) is 6.07. The van der Waals surface area contributed by atoms with Crippen LogP contribution in [0.25, 0.3) is 11.1 Å². The van der Waals surface area contributed by atoms with Gasteiger partial charge in [0.2, 0.25) is 5.91 Å². The second kappa shape index (κ2) is 11.4. The fourth-order valence-corrected chi connectivity index (χ4v) is 4.03. The van der Waals surface area contributed by atoms with Gasteiger partial charge in [0.1, 0.15) is 17.7 Å². The SMILES string of the molecule is CC(C)c1ccc(-c2ccc(C(NC(=O)C3CCCN3)C(=O)CNC(=O)N(C)C)cc2F)cc1F. The molecule has 0 saturated carbocycles. The van der Waals surface area contributed by atoms with Crippen molar-refractivity contribution >= 4 is 17.7 Å². The molecule has 0 radical (unpaired) electrons. The van der Waals surface area contributed by atoms with E-state index in [0.29, 0.717) is 24.1 Å². The van der Waals surface area contributed by atoms with E-state index in [0.717, 1.165) is 6.42 Å². The first-order chi connectivity index (χ1) is 16.6. The number of nitrogens with zero attached hydrogens (tertiary/aromatic N) is 1. The zero-order valence-corrected chi connectivity index (χ0v) is 20.5. The minimum atomic E-state index is -1.16. The highest BCUT2D eigenvalue weighted by molar-refractivity contribution is 5.94. The van der Waals surface area contributed by atoms with E-state index in [1.54, 1.807) is 12.1 Å². The minimum Gasteiger partial charge on any atom is -0.341 e. The first kappa shape index (κ1) is 26.3. The Kier molecular flexibility index (Phi) is 8.56. The lowest BCUT2D eigenvalue weighted by Crippen LogP contribution is -2.46. The van der Waals surface area contributed by atoms with Crippen LogP contribution in [0.5, 0.6) is 0 Å². The maximum atomic E-state index is 15.2. The summed E-state index contributed by atoms with van der Waals surface area (Å²) >= 11 is 0. The maximum absolute atomic E-state index is 15.2. The molecule has 2 atom stereocenters. The number of hydrogen-bond acceptors (Lipinski definition) is 4. The molecule has 3 N–H and O–H groups in total. The molecule has 2 aromatic carbocycles. The predicted molar refractivity (Wildman–Crippen MR) is 130 cm³/mol. The summed E-state index contributed by atoms with van der Waals surface area (Å²) in [6.07, 6.45) is 1.47. The summed E-state index contributed by atoms with van der Waals surface area (Å²) < 4.78 is 29.6. The Balaban J connectivity index is 1.88. The van der Waals surface area contributed by atoms with E-state index in [1.165, 1.54) is 43.3 Å². The van der Waals surface area contributed by atoms with Gasteiger partial charge in [0, 0.05) is 19.7 Å². The number of urea groups is 1. The quantitative estimate of drug-likeness (QED) is 0.533. The molecule has 7 nitrogen and oxygen atoms in total. The van der Waals surface area contributed by atoms with Gasteiger partial charge in [-0.05, 0) is 54.1 Å². The third kappa shape index (κ3) is 6.42. The molecule has 1 heterocycles. The van der Waals surface area contributed by atoms with E-state index in [1.807, 2.05) is 13.8 Å². The number of Topliss-reactive ketones (excluding diaryl/α,β-unsaturated/α-hetero) is 1. The van der Waals surface area contributed by atoms with Crippen molar-refractivity contribution in [2.24, 2.45) is 0 Å². The van der Waals surface area contributed by atoms with Crippen LogP contribution in [0.2, 0.25) is 0 Å². The number of rotatable bonds is 8. The van der Waals surface area contributed by atoms with Crippen molar-refractivity contribution in [1.29, 1.82) is 0 Å². The highest BCUT2D eigenvalue weighted by Gasteiger charge is 2.29. The van der Waals surface area contributed by atoms with Crippen LogP contribution in [-0.2, 0) is 9.59 Å². The molecule has 2 unspecified atom stereocenters. The smallest absolute Gasteiger partial charge is 0.317 e. The summed E-state index contributed by atoms with van der Waals surface area (Å²) in [6, 6.07) is 6.69. The predicted octanol–water partition coefficient (Wildman–Crippen LogP) is 3.50. The van der Waals surface area contributed by atoms with Crippen molar-refractivity contribution in [3.05, 3.63) is 59.2 Å². The fraction of sp³-hybridized carbons (Fsp3) is 0.423. The summed E-state index contributed by atoms with van der Waals surface area (Å²) in [7, 11) is 3.07. The fourth-order valence-electron chi connectivity index (χ4n) is 4.03. The number of benzene rings is 2. The molecule has 9 heteroatoms. The van der Waals surface area contributed by atoms with Gasteiger partial charge in [0.15, 0.2) is 5.78 Å².